The number of amides is 3. The highest BCUT2D eigenvalue weighted by atomic mass is 32.2. The van der Waals surface area contributed by atoms with Crippen LogP contribution >= 0.6 is 11.8 Å². The zero-order valence-electron chi connectivity index (χ0n) is 14.5. The van der Waals surface area contributed by atoms with Crippen molar-refractivity contribution in [2.24, 2.45) is 0 Å². The molecule has 1 aliphatic heterocycles. The fourth-order valence-electron chi connectivity index (χ4n) is 2.79. The molecule has 0 radical (unpaired) electrons. The first-order valence-electron chi connectivity index (χ1n) is 8.48. The normalized spacial score (nSPS) is 16.9. The number of rotatable bonds is 7. The Kier molecular flexibility index (Phi) is 7.43. The molecule has 3 amide bonds. The van der Waals surface area contributed by atoms with Crippen LogP contribution in [-0.4, -0.2) is 48.3 Å². The van der Waals surface area contributed by atoms with Gasteiger partial charge in [0.2, 0.25) is 5.91 Å². The Hall–Kier alpha value is -1.69. The van der Waals surface area contributed by atoms with Crippen LogP contribution in [0.3, 0.4) is 0 Å². The summed E-state index contributed by atoms with van der Waals surface area (Å²) >= 11 is 1.90. The van der Waals surface area contributed by atoms with Crippen molar-refractivity contribution in [2.45, 2.75) is 38.5 Å². The van der Waals surface area contributed by atoms with Crippen molar-refractivity contribution in [3.8, 4) is 0 Å². The van der Waals surface area contributed by atoms with Crippen LogP contribution in [0.4, 0.5) is 4.79 Å². The molecule has 2 rings (SSSR count). The smallest absolute Gasteiger partial charge is 0.317 e. The fraction of sp³-hybridized carbons (Fsp3) is 0.556. The summed E-state index contributed by atoms with van der Waals surface area (Å²) in [7, 11) is 0. The lowest BCUT2D eigenvalue weighted by molar-refractivity contribution is -0.119. The number of thioether (sulfide) groups is 1. The van der Waals surface area contributed by atoms with Gasteiger partial charge in [0.25, 0.3) is 0 Å². The van der Waals surface area contributed by atoms with E-state index in [2.05, 4.69) is 41.8 Å². The first-order valence-corrected chi connectivity index (χ1v) is 9.64. The number of nitrogens with zero attached hydrogens (tertiary/aromatic N) is 1. The molecule has 1 aromatic rings. The van der Waals surface area contributed by atoms with Crippen LogP contribution in [0.2, 0.25) is 0 Å². The molecule has 0 aliphatic carbocycles. The van der Waals surface area contributed by atoms with Crippen molar-refractivity contribution >= 4 is 23.7 Å². The lowest BCUT2D eigenvalue weighted by atomic mass is 10.1. The number of likely N-dealkylation sites (tertiary alicyclic amines) is 1. The second kappa shape index (κ2) is 9.57. The SMILES string of the molecule is CC(=O)N[C@H]1CCN(C(=O)NCCCSCc2ccccc2C)C1. The molecule has 5 nitrogen and oxygen atoms in total. The second-order valence-corrected chi connectivity index (χ2v) is 7.30. The lowest BCUT2D eigenvalue weighted by Crippen LogP contribution is -2.42. The lowest BCUT2D eigenvalue weighted by Gasteiger charge is -2.17. The van der Waals surface area contributed by atoms with Gasteiger partial charge in [-0.2, -0.15) is 11.8 Å². The van der Waals surface area contributed by atoms with Gasteiger partial charge in [-0.25, -0.2) is 4.79 Å². The number of nitrogens with one attached hydrogen (secondary N) is 2. The van der Waals surface area contributed by atoms with Crippen molar-refractivity contribution in [1.29, 1.82) is 0 Å². The van der Waals surface area contributed by atoms with E-state index in [1.54, 1.807) is 4.90 Å². The number of carbonyl (C=O) groups is 2. The Balaban J connectivity index is 1.55. The maximum absolute atomic E-state index is 12.1. The van der Waals surface area contributed by atoms with Gasteiger partial charge in [0.1, 0.15) is 0 Å². The molecule has 1 aliphatic rings. The van der Waals surface area contributed by atoms with Crippen molar-refractivity contribution in [3.63, 3.8) is 0 Å². The van der Waals surface area contributed by atoms with Crippen LogP contribution in [0.1, 0.15) is 30.9 Å². The van der Waals surface area contributed by atoms with Gasteiger partial charge in [-0.3, -0.25) is 4.79 Å². The van der Waals surface area contributed by atoms with E-state index < -0.39 is 0 Å². The minimum Gasteiger partial charge on any atom is -0.352 e. The summed E-state index contributed by atoms with van der Waals surface area (Å²) in [5.74, 6) is 2.02. The Morgan fingerprint density at radius 3 is 2.88 bits per heavy atom. The van der Waals surface area contributed by atoms with Gasteiger partial charge in [0.15, 0.2) is 0 Å². The molecule has 1 aromatic carbocycles. The van der Waals surface area contributed by atoms with Crippen LogP contribution in [0, 0.1) is 6.92 Å². The number of hydrogen-bond acceptors (Lipinski definition) is 3. The first-order chi connectivity index (χ1) is 11.6. The molecule has 0 spiro atoms. The van der Waals surface area contributed by atoms with Gasteiger partial charge in [-0.05, 0) is 36.6 Å². The van der Waals surface area contributed by atoms with Gasteiger partial charge in [0, 0.05) is 38.4 Å². The van der Waals surface area contributed by atoms with Gasteiger partial charge in [-0.15, -0.1) is 0 Å². The molecule has 1 heterocycles. The van der Waals surface area contributed by atoms with Crippen molar-refractivity contribution in [2.75, 3.05) is 25.4 Å². The molecule has 0 unspecified atom stereocenters. The van der Waals surface area contributed by atoms with E-state index in [1.165, 1.54) is 18.1 Å². The summed E-state index contributed by atoms with van der Waals surface area (Å²) in [5, 5.41) is 5.84. The summed E-state index contributed by atoms with van der Waals surface area (Å²) in [6, 6.07) is 8.52. The number of carbonyl (C=O) groups excluding carboxylic acids is 2. The van der Waals surface area contributed by atoms with Crippen LogP contribution in [0.5, 0.6) is 0 Å². The summed E-state index contributed by atoms with van der Waals surface area (Å²) in [6.45, 7) is 5.66. The average Bonchev–Trinajstić information content (AvgIpc) is 3.00. The molecular weight excluding hydrogens is 322 g/mol. The molecule has 24 heavy (non-hydrogen) atoms. The molecule has 0 saturated carbocycles. The number of benzene rings is 1. The van der Waals surface area contributed by atoms with Gasteiger partial charge < -0.3 is 15.5 Å². The predicted molar refractivity (Wildman–Crippen MR) is 99.2 cm³/mol. The zero-order chi connectivity index (χ0) is 17.4. The van der Waals surface area contributed by atoms with Crippen LogP contribution in [0.25, 0.3) is 0 Å². The Morgan fingerprint density at radius 1 is 1.33 bits per heavy atom. The number of hydrogen-bond donors (Lipinski definition) is 2. The molecule has 6 heteroatoms. The van der Waals surface area contributed by atoms with Gasteiger partial charge in [-0.1, -0.05) is 24.3 Å². The highest BCUT2D eigenvalue weighted by Crippen LogP contribution is 2.16. The van der Waals surface area contributed by atoms with Crippen molar-refractivity contribution in [1.82, 2.24) is 15.5 Å². The van der Waals surface area contributed by atoms with Gasteiger partial charge >= 0.3 is 6.03 Å². The van der Waals surface area contributed by atoms with E-state index >= 15 is 0 Å². The molecule has 0 bridgehead atoms. The molecule has 1 atom stereocenters. The van der Waals surface area contributed by atoms with Crippen LogP contribution in [0.15, 0.2) is 24.3 Å². The molecule has 132 valence electrons. The Morgan fingerprint density at radius 2 is 2.12 bits per heavy atom. The number of urea groups is 1. The van der Waals surface area contributed by atoms with Crippen molar-refractivity contribution in [3.05, 3.63) is 35.4 Å². The van der Waals surface area contributed by atoms with E-state index in [4.69, 9.17) is 0 Å². The Bertz CT molecular complexity index is 565. The van der Waals surface area contributed by atoms with E-state index in [1.807, 2.05) is 11.8 Å². The maximum atomic E-state index is 12.1. The monoisotopic (exact) mass is 349 g/mol. The quantitative estimate of drug-likeness (QED) is 0.744. The summed E-state index contributed by atoms with van der Waals surface area (Å²) in [6.07, 6.45) is 1.80. The van der Waals surface area contributed by atoms with E-state index in [0.717, 1.165) is 24.3 Å². The van der Waals surface area contributed by atoms with E-state index in [9.17, 15) is 9.59 Å². The third-order valence-electron chi connectivity index (χ3n) is 4.14. The van der Waals surface area contributed by atoms with Crippen molar-refractivity contribution < 1.29 is 9.59 Å². The molecule has 1 fully saturated rings. The third kappa shape index (κ3) is 6.07. The first kappa shape index (κ1) is 18.6. The summed E-state index contributed by atoms with van der Waals surface area (Å²) in [5.41, 5.74) is 2.72. The minimum absolute atomic E-state index is 0.0215. The van der Waals surface area contributed by atoms with Gasteiger partial charge in [0.05, 0.1) is 0 Å². The standard InChI is InChI=1S/C18H27N3O2S/c1-14-6-3-4-7-16(14)13-24-11-5-9-19-18(23)21-10-8-17(12-21)20-15(2)22/h3-4,6-7,17H,5,8-13H2,1-2H3,(H,19,23)(H,20,22)/t17-/m0/s1. The third-order valence-corrected chi connectivity index (χ3v) is 5.24. The van der Waals surface area contributed by atoms with E-state index in [0.29, 0.717) is 19.6 Å². The molecule has 0 aromatic heterocycles. The fourth-order valence-corrected chi connectivity index (χ4v) is 3.82. The van der Waals surface area contributed by atoms with Crippen LogP contribution in [-0.2, 0) is 10.5 Å². The minimum atomic E-state index is -0.0343. The second-order valence-electron chi connectivity index (χ2n) is 6.20. The zero-order valence-corrected chi connectivity index (χ0v) is 15.3. The maximum Gasteiger partial charge on any atom is 0.317 e. The highest BCUT2D eigenvalue weighted by Gasteiger charge is 2.26. The summed E-state index contributed by atoms with van der Waals surface area (Å²) < 4.78 is 0. The van der Waals surface area contributed by atoms with Crippen LogP contribution < -0.4 is 10.6 Å². The number of aryl methyl sites for hydroxylation is 1. The largest absolute Gasteiger partial charge is 0.352 e. The topological polar surface area (TPSA) is 61.4 Å². The Labute approximate surface area is 148 Å². The molecule has 2 N–H and O–H groups in total. The highest BCUT2D eigenvalue weighted by molar-refractivity contribution is 7.98. The predicted octanol–water partition coefficient (Wildman–Crippen LogP) is 2.54. The molecular formula is C18H27N3O2S. The molecule has 1 saturated heterocycles. The average molecular weight is 350 g/mol. The van der Waals surface area contributed by atoms with E-state index in [-0.39, 0.29) is 18.0 Å². The summed E-state index contributed by atoms with van der Waals surface area (Å²) in [4.78, 5) is 24.9.